The first kappa shape index (κ1) is 18.5. The van der Waals surface area contributed by atoms with Gasteiger partial charge in [0.15, 0.2) is 0 Å². The minimum Gasteiger partial charge on any atom is -0.365 e. The molecule has 1 N–H and O–H groups in total. The molecule has 0 radical (unpaired) electrons. The smallest absolute Gasteiger partial charge is 0.310 e. The van der Waals surface area contributed by atoms with Crippen LogP contribution in [0.4, 0.5) is 25.1 Å². The first-order chi connectivity index (χ1) is 10.3. The molecule has 1 aromatic rings. The number of anilines is 1. The average Bonchev–Trinajstić information content (AvgIpc) is 2.87. The number of nitrogens with one attached hydrogen (secondary N) is 1. The van der Waals surface area contributed by atoms with Crippen LogP contribution in [-0.4, -0.2) is 18.1 Å². The van der Waals surface area contributed by atoms with Gasteiger partial charge in [0.05, 0.1) is 11.8 Å². The van der Waals surface area contributed by atoms with Crippen LogP contribution in [0.5, 0.6) is 0 Å². The van der Waals surface area contributed by atoms with Crippen molar-refractivity contribution in [2.45, 2.75) is 43.3 Å². The number of carbonyl (C=O) groups excluding carboxylic acids is 1. The second-order valence-electron chi connectivity index (χ2n) is 5.33. The van der Waals surface area contributed by atoms with Crippen LogP contribution in [0.15, 0.2) is 27.6 Å². The molecule has 1 aliphatic rings. The van der Waals surface area contributed by atoms with Crippen LogP contribution in [-0.2, 0) is 9.53 Å². The Hall–Kier alpha value is -0.870. The fraction of sp³-hybridized carbons (Fsp3) is 0.462. The Morgan fingerprint density at radius 2 is 1.96 bits per heavy atom. The third-order valence-corrected chi connectivity index (χ3v) is 5.30. The summed E-state index contributed by atoms with van der Waals surface area (Å²) in [6, 6.07) is 1.31. The predicted octanol–water partition coefficient (Wildman–Crippen LogP) is 6.00. The second kappa shape index (κ2) is 5.32. The molecule has 0 aliphatic carbocycles. The van der Waals surface area contributed by atoms with Gasteiger partial charge in [-0.05, 0) is 53.4 Å². The third-order valence-electron chi connectivity index (χ3n) is 3.50. The van der Waals surface area contributed by atoms with Crippen molar-refractivity contribution in [2.24, 2.45) is 0 Å². The lowest BCUT2D eigenvalue weighted by molar-refractivity contribution is -0.126. The van der Waals surface area contributed by atoms with Gasteiger partial charge in [-0.25, -0.2) is 0 Å². The van der Waals surface area contributed by atoms with Crippen molar-refractivity contribution in [3.05, 3.63) is 22.7 Å². The van der Waals surface area contributed by atoms with Gasteiger partial charge < -0.3 is 10.1 Å². The number of hydrogen-bond donors (Lipinski definition) is 1. The van der Waals surface area contributed by atoms with Gasteiger partial charge >= 0.3 is 10.2 Å². The zero-order chi connectivity index (χ0) is 17.5. The van der Waals surface area contributed by atoms with E-state index >= 15 is 0 Å². The predicted molar refractivity (Wildman–Crippen MR) is 82.4 cm³/mol. The molecule has 0 bridgehead atoms. The molecule has 1 aliphatic heterocycles. The molecule has 0 spiro atoms. The average molecular weight is 424 g/mol. The summed E-state index contributed by atoms with van der Waals surface area (Å²) in [6.07, 6.45) is 1.27. The van der Waals surface area contributed by atoms with Gasteiger partial charge in [-0.15, -0.1) is 0 Å². The maximum absolute atomic E-state index is 12.7. The Labute approximate surface area is 138 Å². The number of carbonyl (C=O) groups is 1. The number of halogens is 6. The minimum atomic E-state index is -9.74. The molecule has 0 aromatic heterocycles. The Kier molecular flexibility index (Phi) is 4.27. The molecule has 1 aromatic carbocycles. The summed E-state index contributed by atoms with van der Waals surface area (Å²) < 4.78 is 68.8. The number of amides is 1. The largest absolute Gasteiger partial charge is 0.365 e. The first-order valence-corrected chi connectivity index (χ1v) is 9.54. The molecule has 23 heavy (non-hydrogen) atoms. The molecular weight excluding hydrogens is 409 g/mol. The van der Waals surface area contributed by atoms with Gasteiger partial charge in [-0.2, -0.15) is 0 Å². The molecule has 1 amide bonds. The van der Waals surface area contributed by atoms with E-state index in [-0.39, 0.29) is 28.4 Å². The molecule has 2 atom stereocenters. The van der Waals surface area contributed by atoms with Crippen molar-refractivity contribution in [1.29, 1.82) is 0 Å². The van der Waals surface area contributed by atoms with E-state index in [0.717, 1.165) is 18.9 Å². The van der Waals surface area contributed by atoms with Gasteiger partial charge in [-0.3, -0.25) is 4.79 Å². The normalized spacial score (nSPS) is 24.8. The lowest BCUT2D eigenvalue weighted by atomic mass is 10.1. The fourth-order valence-electron chi connectivity index (χ4n) is 2.25. The van der Waals surface area contributed by atoms with Crippen LogP contribution in [0.2, 0.25) is 0 Å². The highest BCUT2D eigenvalue weighted by atomic mass is 79.9. The summed E-state index contributed by atoms with van der Waals surface area (Å²) in [5.41, 5.74) is -0.0239. The van der Waals surface area contributed by atoms with Crippen molar-refractivity contribution in [3.8, 4) is 0 Å². The van der Waals surface area contributed by atoms with Crippen LogP contribution in [0.1, 0.15) is 26.2 Å². The lowest BCUT2D eigenvalue weighted by Crippen LogP contribution is -2.28. The fourth-order valence-corrected chi connectivity index (χ4v) is 3.54. The van der Waals surface area contributed by atoms with E-state index in [9.17, 15) is 24.2 Å². The van der Waals surface area contributed by atoms with Crippen LogP contribution in [0.3, 0.4) is 0 Å². The standard InChI is InChI=1S/C13H15BrF5NO2S/c1-2-8-3-6-12(22-8)13(21)20-11-5-4-9(7-10(11)14)23(15,16,17,18)19/h4-5,7-8,12H,2-3,6H2,1H3,(H,20,21). The molecule has 1 fully saturated rings. The van der Waals surface area contributed by atoms with E-state index in [4.69, 9.17) is 4.74 Å². The molecule has 0 saturated carbocycles. The van der Waals surface area contributed by atoms with E-state index in [1.165, 1.54) is 0 Å². The molecular formula is C13H15BrF5NO2S. The van der Waals surface area contributed by atoms with Crippen molar-refractivity contribution >= 4 is 37.7 Å². The van der Waals surface area contributed by atoms with Gasteiger partial charge in [0.25, 0.3) is 5.91 Å². The Morgan fingerprint density at radius 3 is 2.43 bits per heavy atom. The highest BCUT2D eigenvalue weighted by Crippen LogP contribution is 3.02. The van der Waals surface area contributed by atoms with E-state index in [0.29, 0.717) is 6.42 Å². The van der Waals surface area contributed by atoms with Crippen molar-refractivity contribution < 1.29 is 29.0 Å². The maximum Gasteiger partial charge on any atom is 0.310 e. The zero-order valence-electron chi connectivity index (χ0n) is 12.0. The zero-order valence-corrected chi connectivity index (χ0v) is 14.4. The van der Waals surface area contributed by atoms with Gasteiger partial charge in [0.2, 0.25) is 0 Å². The van der Waals surface area contributed by atoms with E-state index in [1.807, 2.05) is 6.92 Å². The van der Waals surface area contributed by atoms with Gasteiger partial charge in [-0.1, -0.05) is 26.4 Å². The van der Waals surface area contributed by atoms with Crippen molar-refractivity contribution in [2.75, 3.05) is 5.32 Å². The molecule has 132 valence electrons. The monoisotopic (exact) mass is 423 g/mol. The summed E-state index contributed by atoms with van der Waals surface area (Å²) >= 11 is 2.78. The van der Waals surface area contributed by atoms with E-state index < -0.39 is 27.1 Å². The second-order valence-corrected chi connectivity index (χ2v) is 8.60. The van der Waals surface area contributed by atoms with E-state index in [2.05, 4.69) is 21.2 Å². The topological polar surface area (TPSA) is 38.3 Å². The van der Waals surface area contributed by atoms with Crippen LogP contribution >= 0.6 is 26.2 Å². The molecule has 1 heterocycles. The number of benzene rings is 1. The summed E-state index contributed by atoms with van der Waals surface area (Å²) in [5.74, 6) is -0.512. The number of hydrogen-bond acceptors (Lipinski definition) is 2. The Balaban J connectivity index is 2.15. The molecule has 2 rings (SSSR count). The SMILES string of the molecule is CCC1CCC(C(=O)Nc2ccc(S(F)(F)(F)(F)F)cc2Br)O1. The van der Waals surface area contributed by atoms with Crippen LogP contribution in [0.25, 0.3) is 0 Å². The highest BCUT2D eigenvalue weighted by molar-refractivity contribution is 9.10. The Bertz CT molecular complexity index is 637. The summed E-state index contributed by atoms with van der Waals surface area (Å²) in [7, 11) is -9.74. The first-order valence-electron chi connectivity index (χ1n) is 6.80. The highest BCUT2D eigenvalue weighted by Gasteiger charge is 2.65. The number of ether oxygens (including phenoxy) is 1. The summed E-state index contributed by atoms with van der Waals surface area (Å²) in [4.78, 5) is 10.0. The van der Waals surface area contributed by atoms with Gasteiger partial charge in [0.1, 0.15) is 11.0 Å². The summed E-state index contributed by atoms with van der Waals surface area (Å²) in [5, 5.41) is 2.39. The van der Waals surface area contributed by atoms with Crippen molar-refractivity contribution in [1.82, 2.24) is 0 Å². The third kappa shape index (κ3) is 4.57. The quantitative estimate of drug-likeness (QED) is 0.602. The molecule has 2 unspecified atom stereocenters. The summed E-state index contributed by atoms with van der Waals surface area (Å²) in [6.45, 7) is 1.92. The lowest BCUT2D eigenvalue weighted by Gasteiger charge is -2.40. The van der Waals surface area contributed by atoms with Crippen LogP contribution in [0, 0.1) is 0 Å². The van der Waals surface area contributed by atoms with Crippen molar-refractivity contribution in [3.63, 3.8) is 0 Å². The molecule has 3 nitrogen and oxygen atoms in total. The maximum atomic E-state index is 12.7. The van der Waals surface area contributed by atoms with E-state index in [1.54, 1.807) is 0 Å². The Morgan fingerprint density at radius 1 is 1.30 bits per heavy atom. The molecule has 10 heteroatoms. The minimum absolute atomic E-state index is 0.0234. The number of rotatable bonds is 4. The van der Waals surface area contributed by atoms with Crippen LogP contribution < -0.4 is 5.32 Å². The van der Waals surface area contributed by atoms with Gasteiger partial charge in [0, 0.05) is 4.47 Å². The molecule has 1 saturated heterocycles.